The lowest BCUT2D eigenvalue weighted by atomic mass is 10.2. The molecule has 0 unspecified atom stereocenters. The molecule has 0 atom stereocenters. The fourth-order valence-corrected chi connectivity index (χ4v) is 3.75. The van der Waals surface area contributed by atoms with Gasteiger partial charge in [-0.3, -0.25) is 4.79 Å². The van der Waals surface area contributed by atoms with Crippen LogP contribution in [0.5, 0.6) is 0 Å². The fraction of sp³-hybridized carbons (Fsp3) is 0.182. The highest BCUT2D eigenvalue weighted by Gasteiger charge is 2.30. The number of nitrogens with one attached hydrogen (secondary N) is 2. The molecule has 3 rings (SSSR count). The van der Waals surface area contributed by atoms with Crippen LogP contribution in [0.15, 0.2) is 59.7 Å². The van der Waals surface area contributed by atoms with Crippen molar-refractivity contribution in [2.45, 2.75) is 20.0 Å². The molecule has 0 aliphatic rings. The van der Waals surface area contributed by atoms with Gasteiger partial charge in [-0.15, -0.1) is 0 Å². The highest BCUT2D eigenvalue weighted by molar-refractivity contribution is 14.1. The Kier molecular flexibility index (Phi) is 7.04. The van der Waals surface area contributed by atoms with Crippen molar-refractivity contribution >= 4 is 40.4 Å². The molecule has 1 heterocycles. The van der Waals surface area contributed by atoms with Gasteiger partial charge in [0, 0.05) is 26.2 Å². The second-order valence-electron chi connectivity index (χ2n) is 6.84. The van der Waals surface area contributed by atoms with Crippen molar-refractivity contribution in [2.24, 2.45) is 5.10 Å². The molecule has 9 heteroatoms. The van der Waals surface area contributed by atoms with Crippen LogP contribution in [0, 0.1) is 17.4 Å². The molecule has 0 fully saturated rings. The number of carbonyl (C=O) groups is 1. The molecule has 1 amide bonds. The Morgan fingerprint density at radius 2 is 1.87 bits per heavy atom. The first-order chi connectivity index (χ1) is 14.7. The third kappa shape index (κ3) is 5.66. The Balaban J connectivity index is 1.62. The molecule has 5 nitrogen and oxygen atoms in total. The number of hydrogen-bond acceptors (Lipinski definition) is 3. The first-order valence-corrected chi connectivity index (χ1v) is 10.4. The largest absolute Gasteiger partial charge is 0.416 e. The van der Waals surface area contributed by atoms with Crippen molar-refractivity contribution in [1.29, 1.82) is 0 Å². The highest BCUT2D eigenvalue weighted by atomic mass is 127. The lowest BCUT2D eigenvalue weighted by molar-refractivity contribution is -0.137. The Labute approximate surface area is 191 Å². The second-order valence-corrected chi connectivity index (χ2v) is 8.00. The molecule has 31 heavy (non-hydrogen) atoms. The summed E-state index contributed by atoms with van der Waals surface area (Å²) in [6.45, 7) is 3.75. The van der Waals surface area contributed by atoms with Crippen LogP contribution in [0.2, 0.25) is 0 Å². The van der Waals surface area contributed by atoms with Crippen molar-refractivity contribution in [1.82, 2.24) is 9.99 Å². The predicted molar refractivity (Wildman–Crippen MR) is 124 cm³/mol. The predicted octanol–water partition coefficient (Wildman–Crippen LogP) is 5.28. The van der Waals surface area contributed by atoms with Gasteiger partial charge in [-0.2, -0.15) is 18.3 Å². The van der Waals surface area contributed by atoms with Crippen molar-refractivity contribution in [3.8, 4) is 5.69 Å². The molecular weight excluding hydrogens is 520 g/mol. The van der Waals surface area contributed by atoms with Crippen LogP contribution in [0.3, 0.4) is 0 Å². The van der Waals surface area contributed by atoms with Crippen LogP contribution in [-0.4, -0.2) is 23.2 Å². The summed E-state index contributed by atoms with van der Waals surface area (Å²) in [5.41, 5.74) is 5.73. The zero-order chi connectivity index (χ0) is 22.6. The van der Waals surface area contributed by atoms with E-state index in [0.717, 1.165) is 38.3 Å². The van der Waals surface area contributed by atoms with E-state index in [1.54, 1.807) is 6.21 Å². The van der Waals surface area contributed by atoms with Crippen LogP contribution >= 0.6 is 22.6 Å². The molecule has 0 saturated carbocycles. The number of hydrazone groups is 1. The quantitative estimate of drug-likeness (QED) is 0.254. The lowest BCUT2D eigenvalue weighted by Crippen LogP contribution is -2.26. The van der Waals surface area contributed by atoms with Crippen molar-refractivity contribution < 1.29 is 18.0 Å². The van der Waals surface area contributed by atoms with E-state index in [4.69, 9.17) is 0 Å². The number of halogens is 4. The average Bonchev–Trinajstić information content (AvgIpc) is 3.00. The molecule has 0 spiro atoms. The summed E-state index contributed by atoms with van der Waals surface area (Å²) < 4.78 is 41.5. The molecule has 0 saturated heterocycles. The van der Waals surface area contributed by atoms with Crippen LogP contribution in [0.1, 0.15) is 22.5 Å². The Hall–Kier alpha value is -2.82. The summed E-state index contributed by atoms with van der Waals surface area (Å²) in [7, 11) is 0. The third-order valence-electron chi connectivity index (χ3n) is 4.60. The van der Waals surface area contributed by atoms with E-state index in [1.807, 2.05) is 44.2 Å². The van der Waals surface area contributed by atoms with Crippen LogP contribution < -0.4 is 10.7 Å². The van der Waals surface area contributed by atoms with E-state index in [-0.39, 0.29) is 12.2 Å². The Morgan fingerprint density at radius 1 is 1.13 bits per heavy atom. The zero-order valence-corrected chi connectivity index (χ0v) is 19.0. The third-order valence-corrected chi connectivity index (χ3v) is 5.51. The van der Waals surface area contributed by atoms with Crippen molar-refractivity contribution in [3.63, 3.8) is 0 Å². The maximum Gasteiger partial charge on any atom is 0.416 e. The number of benzene rings is 2. The topological polar surface area (TPSA) is 58.4 Å². The summed E-state index contributed by atoms with van der Waals surface area (Å²) >= 11 is 2.28. The van der Waals surface area contributed by atoms with E-state index < -0.39 is 17.6 Å². The van der Waals surface area contributed by atoms with E-state index in [0.29, 0.717) is 0 Å². The second kappa shape index (κ2) is 9.54. The standard InChI is InChI=1S/C22H20F3IN4O/c1-14-10-16(15(2)30(14)20-9-4-3-8-19(20)26)12-28-29-21(31)13-27-18-7-5-6-17(11-18)22(23,24)25/h3-12,27H,13H2,1-2H3,(H,29,31)/b28-12-. The van der Waals surface area contributed by atoms with E-state index >= 15 is 0 Å². The summed E-state index contributed by atoms with van der Waals surface area (Å²) in [6, 6.07) is 14.7. The first-order valence-electron chi connectivity index (χ1n) is 9.33. The first kappa shape index (κ1) is 22.9. The number of aryl methyl sites for hydroxylation is 1. The van der Waals surface area contributed by atoms with Crippen molar-refractivity contribution in [2.75, 3.05) is 11.9 Å². The maximum atomic E-state index is 12.8. The summed E-state index contributed by atoms with van der Waals surface area (Å²) in [5.74, 6) is -0.472. The normalized spacial score (nSPS) is 11.7. The van der Waals surface area contributed by atoms with Gasteiger partial charge in [0.2, 0.25) is 0 Å². The van der Waals surface area contributed by atoms with Gasteiger partial charge in [-0.1, -0.05) is 18.2 Å². The number of hydrogen-bond donors (Lipinski definition) is 2. The molecule has 0 aliphatic carbocycles. The number of nitrogens with zero attached hydrogens (tertiary/aromatic N) is 2. The highest BCUT2D eigenvalue weighted by Crippen LogP contribution is 2.30. The summed E-state index contributed by atoms with van der Waals surface area (Å²) in [6.07, 6.45) is -2.88. The Morgan fingerprint density at radius 3 is 2.58 bits per heavy atom. The Bertz CT molecular complexity index is 1120. The fourth-order valence-electron chi connectivity index (χ4n) is 3.12. The number of aromatic nitrogens is 1. The zero-order valence-electron chi connectivity index (χ0n) is 16.8. The minimum atomic E-state index is -4.44. The van der Waals surface area contributed by atoms with Gasteiger partial charge in [-0.05, 0) is 72.8 Å². The number of amides is 1. The monoisotopic (exact) mass is 540 g/mol. The number of para-hydroxylation sites is 1. The lowest BCUT2D eigenvalue weighted by Gasteiger charge is -2.11. The summed E-state index contributed by atoms with van der Waals surface area (Å²) in [4.78, 5) is 12.0. The number of alkyl halides is 3. The molecule has 3 aromatic rings. The smallest absolute Gasteiger partial charge is 0.376 e. The number of rotatable bonds is 6. The molecule has 0 aliphatic heterocycles. The van der Waals surface area contributed by atoms with Gasteiger partial charge in [-0.25, -0.2) is 5.43 Å². The molecule has 2 N–H and O–H groups in total. The number of carbonyl (C=O) groups excluding carboxylic acids is 1. The van der Waals surface area contributed by atoms with Crippen LogP contribution in [-0.2, 0) is 11.0 Å². The van der Waals surface area contributed by atoms with Gasteiger partial charge in [0.25, 0.3) is 5.91 Å². The maximum absolute atomic E-state index is 12.8. The SMILES string of the molecule is Cc1cc(/C=N\NC(=O)CNc2cccc(C(F)(F)F)c2)c(C)n1-c1ccccc1I. The van der Waals surface area contributed by atoms with E-state index in [9.17, 15) is 18.0 Å². The van der Waals surface area contributed by atoms with Gasteiger partial charge in [0.05, 0.1) is 24.0 Å². The van der Waals surface area contributed by atoms with Gasteiger partial charge >= 0.3 is 6.18 Å². The van der Waals surface area contributed by atoms with E-state index in [2.05, 4.69) is 43.0 Å². The minimum absolute atomic E-state index is 0.204. The number of anilines is 1. The van der Waals surface area contributed by atoms with Gasteiger partial charge < -0.3 is 9.88 Å². The van der Waals surface area contributed by atoms with Crippen LogP contribution in [0.4, 0.5) is 18.9 Å². The molecule has 0 bridgehead atoms. The molecule has 2 aromatic carbocycles. The molecular formula is C22H20F3IN4O. The van der Waals surface area contributed by atoms with Crippen LogP contribution in [0.25, 0.3) is 5.69 Å². The molecule has 1 aromatic heterocycles. The van der Waals surface area contributed by atoms with Gasteiger partial charge in [0.15, 0.2) is 0 Å². The summed E-state index contributed by atoms with van der Waals surface area (Å²) in [5, 5.41) is 6.65. The van der Waals surface area contributed by atoms with E-state index in [1.165, 1.54) is 12.1 Å². The average molecular weight is 540 g/mol. The molecule has 0 radical (unpaired) electrons. The minimum Gasteiger partial charge on any atom is -0.376 e. The molecule has 162 valence electrons. The van der Waals surface area contributed by atoms with Crippen molar-refractivity contribution in [3.05, 3.63) is 80.7 Å². The van der Waals surface area contributed by atoms with Gasteiger partial charge in [0.1, 0.15) is 0 Å².